The molecule has 7 nitrogen and oxygen atoms in total. The van der Waals surface area contributed by atoms with E-state index in [1.165, 1.54) is 12.3 Å². The second kappa shape index (κ2) is 11.9. The number of carbonyl (C=O) groups excluding carboxylic acids is 1. The number of anilines is 1. The average molecular weight is 689 g/mol. The maximum Gasteiger partial charge on any atom is 0.321 e. The third kappa shape index (κ3) is 4.64. The minimum Gasteiger partial charge on any atom is -0.480 e. The molecular weight excluding hydrogens is 652 g/mol. The first-order valence-corrected chi connectivity index (χ1v) is 16.9. The van der Waals surface area contributed by atoms with E-state index in [0.29, 0.717) is 48.1 Å². The molecule has 1 aromatic heterocycles. The maximum atomic E-state index is 16.5. The van der Waals surface area contributed by atoms with E-state index in [-0.39, 0.29) is 11.0 Å². The zero-order valence-electron chi connectivity index (χ0n) is 26.6. The fourth-order valence-corrected chi connectivity index (χ4v) is 9.46. The van der Waals surface area contributed by atoms with E-state index in [0.717, 1.165) is 4.42 Å². The summed E-state index contributed by atoms with van der Waals surface area (Å²) in [5.41, 5.74) is -0.899. The zero-order valence-corrected chi connectivity index (χ0v) is 28.1. The first kappa shape index (κ1) is 32.7. The van der Waals surface area contributed by atoms with Crippen molar-refractivity contribution in [2.75, 3.05) is 4.42 Å². The normalized spacial score (nSPS) is 25.7. The van der Waals surface area contributed by atoms with Gasteiger partial charge in [-0.25, -0.2) is 13.8 Å². The van der Waals surface area contributed by atoms with Gasteiger partial charge in [-0.1, -0.05) is 104 Å². The second-order valence-corrected chi connectivity index (χ2v) is 14.7. The Balaban J connectivity index is 1.63. The molecule has 3 aromatic carbocycles. The fourth-order valence-electron chi connectivity index (χ4n) is 9.01. The monoisotopic (exact) mass is 687 g/mol. The van der Waals surface area contributed by atoms with Crippen molar-refractivity contribution >= 4 is 40.9 Å². The number of pyridine rings is 1. The summed E-state index contributed by atoms with van der Waals surface area (Å²) in [5, 5.41) is 23.5. The molecule has 1 saturated carbocycles. The standard InChI is InChI=1S/C38H36Cl2FN3O4/c1-36(2)18-20-37(21-19-36)38(26-15-9-10-16-27(26)44(40)35(38)48)28(25-17-22-42-33(39)29(25)41)31(34(46)47)43(37)30(23-11-5-3-6-12-23)32(45)24-13-7-4-8-14-24/h3-17,22,28,30-32,45H,18-21H2,1-2H3,(H,46,47)/t28-,30+,31+,32-,38?/m0/s1. The minimum atomic E-state index is -1.68. The van der Waals surface area contributed by atoms with Gasteiger partial charge in [-0.3, -0.25) is 14.5 Å². The number of carbonyl (C=O) groups is 2. The number of fused-ring (bicyclic) bond motifs is 3. The van der Waals surface area contributed by atoms with Gasteiger partial charge in [0.1, 0.15) is 11.5 Å². The molecule has 2 N–H and O–H groups in total. The molecule has 10 heteroatoms. The first-order chi connectivity index (χ1) is 23.0. The quantitative estimate of drug-likeness (QED) is 0.158. The van der Waals surface area contributed by atoms with Crippen LogP contribution in [0, 0.1) is 11.2 Å². The zero-order chi connectivity index (χ0) is 34.0. The highest BCUT2D eigenvalue weighted by atomic mass is 35.5. The Kier molecular flexibility index (Phi) is 8.14. The van der Waals surface area contributed by atoms with Crippen LogP contribution in [0.2, 0.25) is 5.15 Å². The maximum absolute atomic E-state index is 16.5. The van der Waals surface area contributed by atoms with Gasteiger partial charge in [-0.2, -0.15) is 0 Å². The molecular formula is C38H36Cl2FN3O4. The first-order valence-electron chi connectivity index (χ1n) is 16.2. The highest BCUT2D eigenvalue weighted by Crippen LogP contribution is 2.70. The molecule has 1 amide bonds. The molecule has 1 aliphatic carbocycles. The number of aromatic nitrogens is 1. The van der Waals surface area contributed by atoms with Crippen LogP contribution in [0.15, 0.2) is 97.2 Å². The molecule has 3 aliphatic rings. The molecule has 0 bridgehead atoms. The lowest BCUT2D eigenvalue weighted by Crippen LogP contribution is -2.64. The number of likely N-dealkylation sites (tertiary alicyclic amines) is 1. The van der Waals surface area contributed by atoms with Crippen molar-refractivity contribution in [3.63, 3.8) is 0 Å². The van der Waals surface area contributed by atoms with Crippen molar-refractivity contribution in [2.24, 2.45) is 5.41 Å². The Morgan fingerprint density at radius 2 is 1.50 bits per heavy atom. The number of halogens is 3. The van der Waals surface area contributed by atoms with Crippen LogP contribution in [0.25, 0.3) is 0 Å². The lowest BCUT2D eigenvalue weighted by molar-refractivity contribution is -0.150. The summed E-state index contributed by atoms with van der Waals surface area (Å²) >= 11 is 13.2. The molecule has 248 valence electrons. The molecule has 0 radical (unpaired) electrons. The van der Waals surface area contributed by atoms with E-state index in [1.54, 1.807) is 36.4 Å². The Bertz CT molecular complexity index is 1870. The number of rotatable bonds is 6. The van der Waals surface area contributed by atoms with Gasteiger partial charge in [0.2, 0.25) is 0 Å². The SMILES string of the molecule is CC1(C)CCC2(CC1)N([C@H](c1ccccc1)[C@@H](O)c1ccccc1)[C@@H](C(=O)O)[C@H](c1ccnc(Cl)c1F)C21C(=O)N(Cl)c2ccccc21. The van der Waals surface area contributed by atoms with E-state index < -0.39 is 57.9 Å². The highest BCUT2D eigenvalue weighted by Gasteiger charge is 2.78. The smallest absolute Gasteiger partial charge is 0.321 e. The largest absolute Gasteiger partial charge is 0.480 e. The summed E-state index contributed by atoms with van der Waals surface area (Å²) in [7, 11) is 0. The van der Waals surface area contributed by atoms with Gasteiger partial charge in [0.05, 0.1) is 17.8 Å². The summed E-state index contributed by atoms with van der Waals surface area (Å²) in [6, 6.07) is 24.4. The number of carboxylic acid groups (broad SMARTS) is 1. The van der Waals surface area contributed by atoms with Crippen molar-refractivity contribution < 1.29 is 24.2 Å². The van der Waals surface area contributed by atoms with E-state index in [9.17, 15) is 15.0 Å². The van der Waals surface area contributed by atoms with Crippen molar-refractivity contribution in [1.82, 2.24) is 9.88 Å². The van der Waals surface area contributed by atoms with Crippen molar-refractivity contribution in [2.45, 2.75) is 74.6 Å². The Hall–Kier alpha value is -3.82. The predicted octanol–water partition coefficient (Wildman–Crippen LogP) is 7.98. The van der Waals surface area contributed by atoms with E-state index >= 15 is 9.18 Å². The van der Waals surface area contributed by atoms with Gasteiger partial charge in [-0.05, 0) is 65.5 Å². The number of nitrogens with zero attached hydrogens (tertiary/aromatic N) is 3. The number of para-hydroxylation sites is 1. The highest BCUT2D eigenvalue weighted by molar-refractivity contribution is 6.40. The van der Waals surface area contributed by atoms with Crippen LogP contribution in [0.4, 0.5) is 10.1 Å². The van der Waals surface area contributed by atoms with Crippen LogP contribution < -0.4 is 4.42 Å². The molecule has 1 unspecified atom stereocenters. The average Bonchev–Trinajstić information content (AvgIpc) is 3.47. The molecule has 3 heterocycles. The summed E-state index contributed by atoms with van der Waals surface area (Å²) in [5.74, 6) is -3.98. The van der Waals surface area contributed by atoms with Gasteiger partial charge in [0.25, 0.3) is 5.91 Å². The van der Waals surface area contributed by atoms with Crippen LogP contribution in [-0.4, -0.2) is 43.6 Å². The van der Waals surface area contributed by atoms with Crippen LogP contribution in [-0.2, 0) is 15.0 Å². The third-order valence-electron chi connectivity index (χ3n) is 11.1. The van der Waals surface area contributed by atoms with Gasteiger partial charge in [0.15, 0.2) is 11.0 Å². The molecule has 4 aromatic rings. The van der Waals surface area contributed by atoms with E-state index in [4.69, 9.17) is 23.4 Å². The van der Waals surface area contributed by atoms with Gasteiger partial charge in [-0.15, -0.1) is 0 Å². The molecule has 2 aliphatic heterocycles. The lowest BCUT2D eigenvalue weighted by atomic mass is 9.53. The summed E-state index contributed by atoms with van der Waals surface area (Å²) in [4.78, 5) is 35.1. The summed E-state index contributed by atoms with van der Waals surface area (Å²) in [6.07, 6.45) is 2.18. The molecule has 2 fully saturated rings. The summed E-state index contributed by atoms with van der Waals surface area (Å²) < 4.78 is 17.5. The number of aliphatic carboxylic acids is 1. The topological polar surface area (TPSA) is 94.0 Å². The molecule has 7 rings (SSSR count). The molecule has 5 atom stereocenters. The number of aliphatic hydroxyl groups excluding tert-OH is 1. The summed E-state index contributed by atoms with van der Waals surface area (Å²) in [6.45, 7) is 4.32. The van der Waals surface area contributed by atoms with E-state index in [2.05, 4.69) is 18.8 Å². The van der Waals surface area contributed by atoms with Crippen molar-refractivity contribution in [1.29, 1.82) is 0 Å². The number of hydrogen-bond acceptors (Lipinski definition) is 5. The lowest BCUT2D eigenvalue weighted by Gasteiger charge is -2.56. The number of hydrogen-bond donors (Lipinski definition) is 2. The Labute approximate surface area is 289 Å². The van der Waals surface area contributed by atoms with Crippen LogP contribution in [0.3, 0.4) is 0 Å². The van der Waals surface area contributed by atoms with Crippen molar-refractivity contribution in [3.8, 4) is 0 Å². The van der Waals surface area contributed by atoms with E-state index in [1.807, 2.05) is 53.4 Å². The van der Waals surface area contributed by atoms with Crippen LogP contribution in [0.5, 0.6) is 0 Å². The number of benzene rings is 3. The fraction of sp³-hybridized carbons (Fsp3) is 0.342. The Morgan fingerprint density at radius 1 is 0.917 bits per heavy atom. The van der Waals surface area contributed by atoms with Crippen LogP contribution in [0.1, 0.15) is 79.8 Å². The minimum absolute atomic E-state index is 0.0368. The Morgan fingerprint density at radius 3 is 2.12 bits per heavy atom. The second-order valence-electron chi connectivity index (χ2n) is 14.0. The number of aliphatic hydroxyl groups is 1. The number of amides is 1. The molecule has 1 saturated heterocycles. The third-order valence-corrected chi connectivity index (χ3v) is 11.7. The van der Waals surface area contributed by atoms with Crippen molar-refractivity contribution in [3.05, 3.63) is 130 Å². The molecule has 2 spiro atoms. The predicted molar refractivity (Wildman–Crippen MR) is 182 cm³/mol. The van der Waals surface area contributed by atoms with Gasteiger partial charge >= 0.3 is 5.97 Å². The molecule has 48 heavy (non-hydrogen) atoms. The number of carboxylic acids is 1. The van der Waals surface area contributed by atoms with Crippen LogP contribution >= 0.6 is 23.4 Å². The van der Waals surface area contributed by atoms with Gasteiger partial charge in [0, 0.05) is 29.4 Å². The van der Waals surface area contributed by atoms with Gasteiger partial charge < -0.3 is 10.2 Å².